The molecule has 2 aliphatic rings. The summed E-state index contributed by atoms with van der Waals surface area (Å²) in [6.07, 6.45) is 3.05. The van der Waals surface area contributed by atoms with E-state index in [-0.39, 0.29) is 11.1 Å². The maximum atomic E-state index is 12.6. The Morgan fingerprint density at radius 1 is 1.45 bits per heavy atom. The van der Waals surface area contributed by atoms with Gasteiger partial charge in [-0.15, -0.1) is 0 Å². The first-order valence-corrected chi connectivity index (χ1v) is 6.96. The highest BCUT2D eigenvalue weighted by molar-refractivity contribution is 6.29. The van der Waals surface area contributed by atoms with Gasteiger partial charge in [0.05, 0.1) is 37.2 Å². The normalized spacial score (nSPS) is 21.4. The van der Waals surface area contributed by atoms with E-state index < -0.39 is 5.79 Å². The summed E-state index contributed by atoms with van der Waals surface area (Å²) in [7, 11) is 0. The zero-order valence-corrected chi connectivity index (χ0v) is 11.7. The molecule has 0 saturated carbocycles. The van der Waals surface area contributed by atoms with Gasteiger partial charge in [0.1, 0.15) is 5.15 Å². The molecule has 20 heavy (non-hydrogen) atoms. The summed E-state index contributed by atoms with van der Waals surface area (Å²) in [5.74, 6) is -0.801. The molecule has 2 N–H and O–H groups in total. The van der Waals surface area contributed by atoms with Gasteiger partial charge in [-0.25, -0.2) is 4.98 Å². The van der Waals surface area contributed by atoms with Crippen LogP contribution in [-0.2, 0) is 9.47 Å². The average molecular weight is 298 g/mol. The Morgan fingerprint density at radius 2 is 2.20 bits per heavy atom. The quantitative estimate of drug-likeness (QED) is 0.791. The van der Waals surface area contributed by atoms with E-state index in [9.17, 15) is 4.79 Å². The van der Waals surface area contributed by atoms with Crippen LogP contribution >= 0.6 is 11.6 Å². The number of aromatic nitrogens is 1. The molecule has 0 radical (unpaired) electrons. The molecule has 7 heteroatoms. The van der Waals surface area contributed by atoms with Gasteiger partial charge in [0.2, 0.25) is 0 Å². The van der Waals surface area contributed by atoms with Gasteiger partial charge in [-0.05, 0) is 12.5 Å². The lowest BCUT2D eigenvalue weighted by Gasteiger charge is -2.38. The minimum absolute atomic E-state index is 0.162. The van der Waals surface area contributed by atoms with Crippen LogP contribution in [0.4, 0.5) is 5.69 Å². The lowest BCUT2D eigenvalue weighted by atomic mass is 10.0. The molecule has 3 rings (SSSR count). The third-order valence-corrected chi connectivity index (χ3v) is 3.86. The number of carbonyl (C=O) groups excluding carboxylic acids is 1. The van der Waals surface area contributed by atoms with Crippen molar-refractivity contribution in [1.29, 1.82) is 0 Å². The summed E-state index contributed by atoms with van der Waals surface area (Å²) < 4.78 is 11.3. The smallest absolute Gasteiger partial charge is 0.256 e. The monoisotopic (exact) mass is 297 g/mol. The fourth-order valence-corrected chi connectivity index (χ4v) is 2.85. The van der Waals surface area contributed by atoms with Crippen molar-refractivity contribution in [3.63, 3.8) is 0 Å². The fourth-order valence-electron chi connectivity index (χ4n) is 2.69. The number of nitrogens with zero attached hydrogens (tertiary/aromatic N) is 2. The second-order valence-electron chi connectivity index (χ2n) is 5.03. The highest BCUT2D eigenvalue weighted by atomic mass is 35.5. The van der Waals surface area contributed by atoms with Crippen LogP contribution in [0.25, 0.3) is 0 Å². The number of hydrogen-bond donors (Lipinski definition) is 1. The van der Waals surface area contributed by atoms with E-state index in [1.54, 1.807) is 4.90 Å². The number of amides is 1. The molecule has 1 aromatic rings. The average Bonchev–Trinajstić information content (AvgIpc) is 2.88. The minimum Gasteiger partial charge on any atom is -0.397 e. The Morgan fingerprint density at radius 3 is 2.95 bits per heavy atom. The standard InChI is InChI=1S/C13H16ClN3O3/c14-11-6-9(10(15)7-16-11)12(18)17-3-1-2-13(8-17)19-4-5-20-13/h6-7H,1-5,8,15H2. The number of likely N-dealkylation sites (tertiary alicyclic amines) is 1. The molecular weight excluding hydrogens is 282 g/mol. The lowest BCUT2D eigenvalue weighted by Crippen LogP contribution is -2.51. The van der Waals surface area contributed by atoms with E-state index in [0.29, 0.717) is 37.6 Å². The summed E-state index contributed by atoms with van der Waals surface area (Å²) in [4.78, 5) is 18.1. The Balaban J connectivity index is 1.81. The molecule has 0 bridgehead atoms. The first-order valence-electron chi connectivity index (χ1n) is 6.58. The molecule has 0 aliphatic carbocycles. The molecule has 0 atom stereocenters. The van der Waals surface area contributed by atoms with Crippen molar-refractivity contribution >= 4 is 23.2 Å². The molecule has 2 aliphatic heterocycles. The molecule has 1 spiro atoms. The number of hydrogen-bond acceptors (Lipinski definition) is 5. The molecule has 108 valence electrons. The molecule has 0 unspecified atom stereocenters. The molecule has 1 aromatic heterocycles. The van der Waals surface area contributed by atoms with E-state index in [0.717, 1.165) is 12.8 Å². The number of pyridine rings is 1. The van der Waals surface area contributed by atoms with Crippen LogP contribution < -0.4 is 5.73 Å². The summed E-state index contributed by atoms with van der Waals surface area (Å²) in [5.41, 5.74) is 6.51. The molecule has 3 heterocycles. The van der Waals surface area contributed by atoms with E-state index in [2.05, 4.69) is 4.98 Å². The van der Waals surface area contributed by atoms with Gasteiger partial charge in [0.15, 0.2) is 5.79 Å². The molecule has 2 saturated heterocycles. The Hall–Kier alpha value is -1.37. The van der Waals surface area contributed by atoms with Crippen molar-refractivity contribution in [2.75, 3.05) is 32.0 Å². The second-order valence-corrected chi connectivity index (χ2v) is 5.42. The van der Waals surface area contributed by atoms with Gasteiger partial charge in [0, 0.05) is 13.0 Å². The van der Waals surface area contributed by atoms with Gasteiger partial charge in [0.25, 0.3) is 5.91 Å². The molecular formula is C13H16ClN3O3. The predicted molar refractivity (Wildman–Crippen MR) is 73.4 cm³/mol. The summed E-state index contributed by atoms with van der Waals surface area (Å²) in [6, 6.07) is 1.50. The first kappa shape index (κ1) is 13.6. The number of ether oxygens (including phenoxy) is 2. The van der Waals surface area contributed by atoms with E-state index in [1.807, 2.05) is 0 Å². The Kier molecular flexibility index (Phi) is 3.54. The van der Waals surface area contributed by atoms with Gasteiger partial charge < -0.3 is 20.1 Å². The van der Waals surface area contributed by atoms with Crippen molar-refractivity contribution in [3.05, 3.63) is 23.0 Å². The van der Waals surface area contributed by atoms with E-state index in [1.165, 1.54) is 12.3 Å². The SMILES string of the molecule is Nc1cnc(Cl)cc1C(=O)N1CCCC2(C1)OCCO2. The lowest BCUT2D eigenvalue weighted by molar-refractivity contribution is -0.183. The largest absolute Gasteiger partial charge is 0.397 e. The molecule has 0 aromatic carbocycles. The van der Waals surface area contributed by atoms with Crippen LogP contribution in [0, 0.1) is 0 Å². The maximum absolute atomic E-state index is 12.6. The van der Waals surface area contributed by atoms with Gasteiger partial charge in [-0.3, -0.25) is 4.79 Å². The first-order chi connectivity index (χ1) is 9.60. The van der Waals surface area contributed by atoms with Crippen LogP contribution in [0.1, 0.15) is 23.2 Å². The molecule has 6 nitrogen and oxygen atoms in total. The zero-order valence-electron chi connectivity index (χ0n) is 11.0. The van der Waals surface area contributed by atoms with Crippen molar-refractivity contribution in [1.82, 2.24) is 9.88 Å². The van der Waals surface area contributed by atoms with Crippen molar-refractivity contribution in [2.24, 2.45) is 0 Å². The van der Waals surface area contributed by atoms with Crippen LogP contribution in [0.15, 0.2) is 12.3 Å². The fraction of sp³-hybridized carbons (Fsp3) is 0.538. The zero-order chi connectivity index (χ0) is 14.2. The Bertz CT molecular complexity index is 532. The van der Waals surface area contributed by atoms with Gasteiger partial charge >= 0.3 is 0 Å². The number of rotatable bonds is 1. The van der Waals surface area contributed by atoms with E-state index >= 15 is 0 Å². The number of halogens is 1. The van der Waals surface area contributed by atoms with Crippen LogP contribution in [0.2, 0.25) is 5.15 Å². The van der Waals surface area contributed by atoms with Crippen LogP contribution in [0.5, 0.6) is 0 Å². The number of piperidine rings is 1. The third-order valence-electron chi connectivity index (χ3n) is 3.65. The second kappa shape index (κ2) is 5.20. The van der Waals surface area contributed by atoms with Crippen LogP contribution in [0.3, 0.4) is 0 Å². The van der Waals surface area contributed by atoms with Crippen molar-refractivity contribution in [2.45, 2.75) is 18.6 Å². The summed E-state index contributed by atoms with van der Waals surface area (Å²) in [5, 5.41) is 0.252. The third kappa shape index (κ3) is 2.46. The molecule has 1 amide bonds. The van der Waals surface area contributed by atoms with Gasteiger partial charge in [-0.2, -0.15) is 0 Å². The molecule has 2 fully saturated rings. The summed E-state index contributed by atoms with van der Waals surface area (Å²) in [6.45, 7) is 2.23. The van der Waals surface area contributed by atoms with Crippen molar-refractivity contribution in [3.8, 4) is 0 Å². The summed E-state index contributed by atoms with van der Waals surface area (Å²) >= 11 is 5.83. The number of nitrogens with two attached hydrogens (primary N) is 1. The highest BCUT2D eigenvalue weighted by Gasteiger charge is 2.42. The number of carbonyl (C=O) groups is 1. The number of anilines is 1. The Labute approximate surface area is 121 Å². The van der Waals surface area contributed by atoms with E-state index in [4.69, 9.17) is 26.8 Å². The van der Waals surface area contributed by atoms with Crippen LogP contribution in [-0.4, -0.2) is 47.9 Å². The number of nitrogen functional groups attached to an aromatic ring is 1. The minimum atomic E-state index is -0.639. The van der Waals surface area contributed by atoms with Crippen molar-refractivity contribution < 1.29 is 14.3 Å². The maximum Gasteiger partial charge on any atom is 0.256 e. The highest BCUT2D eigenvalue weighted by Crippen LogP contribution is 2.31. The topological polar surface area (TPSA) is 77.7 Å². The predicted octanol–water partition coefficient (Wildman–Crippen LogP) is 1.30. The van der Waals surface area contributed by atoms with Gasteiger partial charge in [-0.1, -0.05) is 11.6 Å².